The van der Waals surface area contributed by atoms with E-state index in [1.807, 2.05) is 13.8 Å². The number of fused-ring (bicyclic) bond motifs is 1. The topological polar surface area (TPSA) is 132 Å². The van der Waals surface area contributed by atoms with Gasteiger partial charge in [0.25, 0.3) is 27.4 Å². The van der Waals surface area contributed by atoms with Crippen molar-refractivity contribution in [1.29, 1.82) is 0 Å². The third kappa shape index (κ3) is 4.60. The Balaban J connectivity index is 1.56. The lowest BCUT2D eigenvalue weighted by Gasteiger charge is -2.13. The number of aromatic nitrogens is 3. The Morgan fingerprint density at radius 3 is 2.47 bits per heavy atom. The molecule has 11 heteroatoms. The summed E-state index contributed by atoms with van der Waals surface area (Å²) in [4.78, 5) is 43.0. The van der Waals surface area contributed by atoms with Gasteiger partial charge in [-0.3, -0.25) is 19.4 Å². The summed E-state index contributed by atoms with van der Waals surface area (Å²) in [6.45, 7) is 3.83. The van der Waals surface area contributed by atoms with Crippen molar-refractivity contribution in [3.63, 3.8) is 0 Å². The van der Waals surface area contributed by atoms with Gasteiger partial charge in [0, 0.05) is 37.1 Å². The minimum Gasteiger partial charge on any atom is -0.355 e. The average molecular weight is 534 g/mol. The number of nitrogens with one attached hydrogen (secondary N) is 2. The van der Waals surface area contributed by atoms with Crippen LogP contribution in [0.5, 0.6) is 0 Å². The first-order valence-electron chi connectivity index (χ1n) is 12.1. The van der Waals surface area contributed by atoms with Gasteiger partial charge in [-0.15, -0.1) is 0 Å². The van der Waals surface area contributed by atoms with E-state index in [4.69, 9.17) is 0 Å². The normalized spacial score (nSPS) is 16.8. The number of aryl methyl sites for hydroxylation is 1. The van der Waals surface area contributed by atoms with E-state index in [1.165, 1.54) is 40.2 Å². The molecule has 0 spiro atoms. The molecule has 1 aliphatic rings. The Morgan fingerprint density at radius 1 is 1.11 bits per heavy atom. The molecule has 0 radical (unpaired) electrons. The van der Waals surface area contributed by atoms with Gasteiger partial charge in [0.05, 0.1) is 28.2 Å². The van der Waals surface area contributed by atoms with Crippen LogP contribution in [0.4, 0.5) is 0 Å². The van der Waals surface area contributed by atoms with Crippen molar-refractivity contribution >= 4 is 32.7 Å². The van der Waals surface area contributed by atoms with E-state index in [2.05, 4.69) is 15.6 Å². The van der Waals surface area contributed by atoms with Crippen molar-refractivity contribution in [2.45, 2.75) is 37.8 Å². The summed E-state index contributed by atoms with van der Waals surface area (Å²) >= 11 is 0. The molecule has 1 saturated carbocycles. The third-order valence-corrected chi connectivity index (χ3v) is 8.51. The predicted octanol–water partition coefficient (Wildman–Crippen LogP) is 2.29. The van der Waals surface area contributed by atoms with E-state index in [9.17, 15) is 22.8 Å². The van der Waals surface area contributed by atoms with Gasteiger partial charge in [-0.2, -0.15) is 0 Å². The summed E-state index contributed by atoms with van der Waals surface area (Å²) in [5, 5.41) is 5.88. The van der Waals surface area contributed by atoms with Crippen molar-refractivity contribution in [3.8, 4) is 0 Å². The number of hydrogen-bond acceptors (Lipinski definition) is 6. The smallest absolute Gasteiger partial charge is 0.268 e. The summed E-state index contributed by atoms with van der Waals surface area (Å²) < 4.78 is 29.1. The highest BCUT2D eigenvalue weighted by Crippen LogP contribution is 2.29. The molecule has 1 aromatic carbocycles. The number of carbonyl (C=O) groups is 2. The number of nitrogens with zero attached hydrogens (tertiary/aromatic N) is 3. The maximum absolute atomic E-state index is 13.3. The van der Waals surface area contributed by atoms with Crippen molar-refractivity contribution in [1.82, 2.24) is 24.2 Å². The van der Waals surface area contributed by atoms with Crippen molar-refractivity contribution in [3.05, 3.63) is 93.8 Å². The number of hydrogen-bond donors (Lipinski definition) is 2. The number of carbonyl (C=O) groups excluding carboxylic acids is 2. The largest absolute Gasteiger partial charge is 0.355 e. The van der Waals surface area contributed by atoms with Crippen LogP contribution in [0.15, 0.2) is 70.7 Å². The molecule has 5 rings (SSSR count). The minimum atomic E-state index is -3.87. The zero-order valence-electron chi connectivity index (χ0n) is 21.1. The van der Waals surface area contributed by atoms with Crippen LogP contribution < -0.4 is 16.2 Å². The lowest BCUT2D eigenvalue weighted by atomic mass is 10.1. The molecule has 1 aliphatic carbocycles. The van der Waals surface area contributed by atoms with Gasteiger partial charge in [-0.25, -0.2) is 12.4 Å². The lowest BCUT2D eigenvalue weighted by Crippen LogP contribution is -2.34. The summed E-state index contributed by atoms with van der Waals surface area (Å²) in [5.74, 6) is -0.607. The first kappa shape index (κ1) is 25.4. The van der Waals surface area contributed by atoms with E-state index < -0.39 is 21.5 Å². The number of benzene rings is 1. The molecule has 0 aliphatic heterocycles. The second-order valence-corrected chi connectivity index (χ2v) is 11.4. The van der Waals surface area contributed by atoms with E-state index in [0.29, 0.717) is 22.5 Å². The van der Waals surface area contributed by atoms with Crippen LogP contribution in [0.3, 0.4) is 0 Å². The third-order valence-electron chi connectivity index (χ3n) is 6.81. The fraction of sp³-hybridized carbons (Fsp3) is 0.259. The highest BCUT2D eigenvalue weighted by Gasteiger charge is 2.34. The Morgan fingerprint density at radius 2 is 1.82 bits per heavy atom. The van der Waals surface area contributed by atoms with Gasteiger partial charge in [0.2, 0.25) is 0 Å². The molecule has 2 amide bonds. The first-order chi connectivity index (χ1) is 18.1. The van der Waals surface area contributed by atoms with Crippen LogP contribution in [0, 0.1) is 12.8 Å². The molecule has 38 heavy (non-hydrogen) atoms. The second kappa shape index (κ2) is 9.56. The minimum absolute atomic E-state index is 0.0667. The van der Waals surface area contributed by atoms with Crippen LogP contribution >= 0.6 is 0 Å². The Kier molecular flexibility index (Phi) is 6.39. The van der Waals surface area contributed by atoms with Crippen LogP contribution in [0.1, 0.15) is 45.3 Å². The average Bonchev–Trinajstić information content (AvgIpc) is 3.40. The van der Waals surface area contributed by atoms with E-state index in [0.717, 1.165) is 12.0 Å². The summed E-state index contributed by atoms with van der Waals surface area (Å²) in [6, 6.07) is 11.1. The Labute approximate surface area is 219 Å². The molecule has 0 bridgehead atoms. The fourth-order valence-electron chi connectivity index (χ4n) is 4.37. The predicted molar refractivity (Wildman–Crippen MR) is 142 cm³/mol. The molecule has 0 unspecified atom stereocenters. The number of amides is 2. The standard InChI is InChI=1S/C27H27N5O5S/c1-16-4-6-19(7-5-16)38(36,37)32-11-9-20-23(29-10-8-24(20)32)15-31-14-18(25(33)30-22-12-17(22)2)13-21(27(31)35)26(34)28-3/h4-11,13-14,17,22H,12,15H2,1-3H3,(H,28,34)(H,30,33)/t17-,22-/m0/s1. The molecule has 3 aromatic heterocycles. The van der Waals surface area contributed by atoms with Crippen LogP contribution in [0.25, 0.3) is 10.9 Å². The molecule has 1 fully saturated rings. The van der Waals surface area contributed by atoms with Crippen molar-refractivity contribution in [2.75, 3.05) is 7.05 Å². The van der Waals surface area contributed by atoms with Crippen LogP contribution in [0.2, 0.25) is 0 Å². The fourth-order valence-corrected chi connectivity index (χ4v) is 5.72. The summed E-state index contributed by atoms with van der Waals surface area (Å²) in [5.41, 5.74) is 1.17. The number of rotatable bonds is 7. The van der Waals surface area contributed by atoms with Gasteiger partial charge >= 0.3 is 0 Å². The molecule has 4 aromatic rings. The van der Waals surface area contributed by atoms with Crippen molar-refractivity contribution < 1.29 is 18.0 Å². The Hall–Kier alpha value is -4.25. The second-order valence-electron chi connectivity index (χ2n) is 9.57. The first-order valence-corrected chi connectivity index (χ1v) is 13.6. The van der Waals surface area contributed by atoms with Gasteiger partial charge < -0.3 is 15.2 Å². The molecule has 3 heterocycles. The Bertz CT molecular complexity index is 1740. The maximum atomic E-state index is 13.3. The quantitative estimate of drug-likeness (QED) is 0.375. The molecule has 2 N–H and O–H groups in total. The van der Waals surface area contributed by atoms with E-state index in [-0.39, 0.29) is 34.5 Å². The molecule has 2 atom stereocenters. The zero-order valence-corrected chi connectivity index (χ0v) is 22.0. The molecular formula is C27H27N5O5S. The highest BCUT2D eigenvalue weighted by atomic mass is 32.2. The summed E-state index contributed by atoms with van der Waals surface area (Å²) in [7, 11) is -2.46. The van der Waals surface area contributed by atoms with Gasteiger partial charge in [0.15, 0.2) is 0 Å². The molecule has 10 nitrogen and oxygen atoms in total. The van der Waals surface area contributed by atoms with Gasteiger partial charge in [0.1, 0.15) is 5.56 Å². The monoisotopic (exact) mass is 533 g/mol. The molecular weight excluding hydrogens is 506 g/mol. The number of pyridine rings is 2. The van der Waals surface area contributed by atoms with Crippen molar-refractivity contribution in [2.24, 2.45) is 5.92 Å². The molecule has 196 valence electrons. The molecule has 0 saturated heterocycles. The summed E-state index contributed by atoms with van der Waals surface area (Å²) in [6.07, 6.45) is 5.19. The lowest BCUT2D eigenvalue weighted by molar-refractivity contribution is 0.0948. The van der Waals surface area contributed by atoms with Gasteiger partial charge in [-0.1, -0.05) is 24.6 Å². The van der Waals surface area contributed by atoms with E-state index in [1.54, 1.807) is 36.4 Å². The van der Waals surface area contributed by atoms with Crippen LogP contribution in [-0.4, -0.2) is 46.8 Å². The SMILES string of the molecule is CNC(=O)c1cc(C(=O)N[C@H]2C[C@@H]2C)cn(Cc2nccc3c2ccn3S(=O)(=O)c2ccc(C)cc2)c1=O. The zero-order chi connectivity index (χ0) is 27.2. The maximum Gasteiger partial charge on any atom is 0.268 e. The van der Waals surface area contributed by atoms with Crippen LogP contribution in [-0.2, 0) is 16.6 Å². The highest BCUT2D eigenvalue weighted by molar-refractivity contribution is 7.90. The van der Waals surface area contributed by atoms with Gasteiger partial charge in [-0.05, 0) is 49.6 Å². The van der Waals surface area contributed by atoms with E-state index >= 15 is 0 Å².